The highest BCUT2D eigenvalue weighted by atomic mass is 32.2. The van der Waals surface area contributed by atoms with Crippen molar-refractivity contribution in [2.75, 3.05) is 12.3 Å². The minimum atomic E-state index is -0.853. The van der Waals surface area contributed by atoms with Gasteiger partial charge in [-0.3, -0.25) is 4.21 Å². The molecule has 2 nitrogen and oxygen atoms in total. The summed E-state index contributed by atoms with van der Waals surface area (Å²) >= 11 is 0. The quantitative estimate of drug-likeness (QED) is 0.822. The van der Waals surface area contributed by atoms with E-state index in [4.69, 9.17) is 0 Å². The second-order valence-electron chi connectivity index (χ2n) is 4.92. The van der Waals surface area contributed by atoms with Crippen LogP contribution in [-0.2, 0) is 10.8 Å². The van der Waals surface area contributed by atoms with E-state index in [1.165, 1.54) is 5.56 Å². The van der Waals surface area contributed by atoms with Crippen molar-refractivity contribution in [2.24, 2.45) is 0 Å². The molecule has 102 valence electrons. The lowest BCUT2D eigenvalue weighted by molar-refractivity contribution is 0.525. The summed E-state index contributed by atoms with van der Waals surface area (Å²) in [7, 11) is -0.853. The van der Waals surface area contributed by atoms with Gasteiger partial charge in [0, 0.05) is 16.7 Å². The number of hydrogen-bond donors (Lipinski definition) is 1. The first kappa shape index (κ1) is 15.4. The highest BCUT2D eigenvalue weighted by molar-refractivity contribution is 7.85. The fraction of sp³-hybridized carbons (Fsp3) is 0.600. The highest BCUT2D eigenvalue weighted by Crippen LogP contribution is 2.16. The van der Waals surface area contributed by atoms with Gasteiger partial charge >= 0.3 is 0 Å². The first-order valence-corrected chi connectivity index (χ1v) is 8.05. The van der Waals surface area contributed by atoms with Crippen LogP contribution in [0.1, 0.15) is 37.8 Å². The Morgan fingerprint density at radius 1 is 1.33 bits per heavy atom. The van der Waals surface area contributed by atoms with Crippen LogP contribution in [0.2, 0.25) is 0 Å². The van der Waals surface area contributed by atoms with E-state index in [9.17, 15) is 4.21 Å². The number of aryl methyl sites for hydroxylation is 2. The summed E-state index contributed by atoms with van der Waals surface area (Å²) < 4.78 is 12.2. The van der Waals surface area contributed by atoms with Crippen molar-refractivity contribution >= 4 is 10.8 Å². The Morgan fingerprint density at radius 3 is 2.72 bits per heavy atom. The van der Waals surface area contributed by atoms with Crippen LogP contribution in [-0.4, -0.2) is 22.5 Å². The third kappa shape index (κ3) is 4.91. The SMILES string of the molecule is CCNC(C)CCCS(=O)c1cc(C)ccc1C. The van der Waals surface area contributed by atoms with Gasteiger partial charge in [-0.15, -0.1) is 0 Å². The summed E-state index contributed by atoms with van der Waals surface area (Å²) in [6, 6.07) is 6.71. The first-order valence-electron chi connectivity index (χ1n) is 6.73. The molecule has 18 heavy (non-hydrogen) atoms. The highest BCUT2D eigenvalue weighted by Gasteiger charge is 2.08. The van der Waals surface area contributed by atoms with Gasteiger partial charge in [-0.25, -0.2) is 0 Å². The van der Waals surface area contributed by atoms with E-state index in [0.29, 0.717) is 6.04 Å². The Hall–Kier alpha value is -0.670. The molecule has 0 radical (unpaired) electrons. The molecule has 0 bridgehead atoms. The number of rotatable bonds is 7. The van der Waals surface area contributed by atoms with Crippen molar-refractivity contribution in [3.8, 4) is 0 Å². The molecule has 0 saturated heterocycles. The summed E-state index contributed by atoms with van der Waals surface area (Å²) in [5.74, 6) is 0.764. The molecule has 1 aromatic carbocycles. The van der Waals surface area contributed by atoms with E-state index >= 15 is 0 Å². The molecule has 0 amide bonds. The molecular weight excluding hydrogens is 242 g/mol. The zero-order valence-electron chi connectivity index (χ0n) is 12.0. The van der Waals surface area contributed by atoms with Crippen molar-refractivity contribution < 1.29 is 4.21 Å². The Labute approximate surface area is 114 Å². The summed E-state index contributed by atoms with van der Waals surface area (Å²) in [6.45, 7) is 9.39. The van der Waals surface area contributed by atoms with Gasteiger partial charge < -0.3 is 5.32 Å². The molecule has 0 aliphatic rings. The molecule has 0 spiro atoms. The summed E-state index contributed by atoms with van der Waals surface area (Å²) in [5, 5.41) is 3.38. The summed E-state index contributed by atoms with van der Waals surface area (Å²) in [5.41, 5.74) is 2.32. The standard InChI is InChI=1S/C15H25NOS/c1-5-16-14(4)7-6-10-18(17)15-11-12(2)8-9-13(15)3/h8-9,11,14,16H,5-7,10H2,1-4H3. The fourth-order valence-electron chi connectivity index (χ4n) is 2.03. The molecule has 1 rings (SSSR count). The van der Waals surface area contributed by atoms with Gasteiger partial charge in [0.2, 0.25) is 0 Å². The van der Waals surface area contributed by atoms with E-state index in [1.807, 2.05) is 13.8 Å². The zero-order chi connectivity index (χ0) is 13.5. The fourth-order valence-corrected chi connectivity index (χ4v) is 3.43. The Bertz CT molecular complexity index is 403. The van der Waals surface area contributed by atoms with Crippen LogP contribution in [0.15, 0.2) is 23.1 Å². The Kier molecular flexibility index (Phi) is 6.58. The van der Waals surface area contributed by atoms with E-state index in [1.54, 1.807) is 0 Å². The van der Waals surface area contributed by atoms with Crippen molar-refractivity contribution in [3.63, 3.8) is 0 Å². The van der Waals surface area contributed by atoms with Crippen LogP contribution in [0.4, 0.5) is 0 Å². The smallest absolute Gasteiger partial charge is 0.0532 e. The van der Waals surface area contributed by atoms with E-state index < -0.39 is 10.8 Å². The van der Waals surface area contributed by atoms with Crippen molar-refractivity contribution in [1.29, 1.82) is 0 Å². The predicted octanol–water partition coefficient (Wildman–Crippen LogP) is 3.19. The minimum absolute atomic E-state index is 0.519. The molecule has 0 saturated carbocycles. The van der Waals surface area contributed by atoms with Crippen LogP contribution in [0.5, 0.6) is 0 Å². The monoisotopic (exact) mass is 267 g/mol. The first-order chi connectivity index (χ1) is 8.54. The van der Waals surface area contributed by atoms with Crippen LogP contribution in [0.3, 0.4) is 0 Å². The second kappa shape index (κ2) is 7.70. The van der Waals surface area contributed by atoms with Crippen molar-refractivity contribution in [3.05, 3.63) is 29.3 Å². The number of benzene rings is 1. The third-order valence-electron chi connectivity index (χ3n) is 3.11. The second-order valence-corrected chi connectivity index (χ2v) is 6.46. The molecular formula is C15H25NOS. The van der Waals surface area contributed by atoms with Gasteiger partial charge in [0.25, 0.3) is 0 Å². The normalized spacial score (nSPS) is 14.4. The third-order valence-corrected chi connectivity index (χ3v) is 4.70. The molecule has 2 unspecified atom stereocenters. The Morgan fingerprint density at radius 2 is 2.06 bits per heavy atom. The van der Waals surface area contributed by atoms with Crippen LogP contribution >= 0.6 is 0 Å². The van der Waals surface area contributed by atoms with Crippen LogP contribution in [0, 0.1) is 13.8 Å². The molecule has 0 aliphatic carbocycles. The molecule has 1 aromatic rings. The Balaban J connectivity index is 2.48. The molecule has 0 aromatic heterocycles. The van der Waals surface area contributed by atoms with Crippen LogP contribution < -0.4 is 5.32 Å². The van der Waals surface area contributed by atoms with E-state index in [2.05, 4.69) is 37.4 Å². The van der Waals surface area contributed by atoms with Crippen LogP contribution in [0.25, 0.3) is 0 Å². The lowest BCUT2D eigenvalue weighted by atomic mass is 10.2. The maximum Gasteiger partial charge on any atom is 0.0532 e. The van der Waals surface area contributed by atoms with Gasteiger partial charge in [-0.2, -0.15) is 0 Å². The topological polar surface area (TPSA) is 29.1 Å². The van der Waals surface area contributed by atoms with Gasteiger partial charge in [0.15, 0.2) is 0 Å². The number of hydrogen-bond acceptors (Lipinski definition) is 2. The van der Waals surface area contributed by atoms with E-state index in [-0.39, 0.29) is 0 Å². The van der Waals surface area contributed by atoms with Gasteiger partial charge in [0.05, 0.1) is 10.8 Å². The van der Waals surface area contributed by atoms with Gasteiger partial charge in [-0.1, -0.05) is 19.1 Å². The summed E-state index contributed by atoms with van der Waals surface area (Å²) in [4.78, 5) is 1.01. The van der Waals surface area contributed by atoms with Crippen molar-refractivity contribution in [1.82, 2.24) is 5.32 Å². The van der Waals surface area contributed by atoms with E-state index in [0.717, 1.165) is 35.6 Å². The lowest BCUT2D eigenvalue weighted by Crippen LogP contribution is -2.25. The maximum absolute atomic E-state index is 12.2. The largest absolute Gasteiger partial charge is 0.315 e. The van der Waals surface area contributed by atoms with Crippen molar-refractivity contribution in [2.45, 2.75) is 51.5 Å². The summed E-state index contributed by atoms with van der Waals surface area (Å²) in [6.07, 6.45) is 2.10. The molecule has 0 aliphatic heterocycles. The molecule has 0 fully saturated rings. The molecule has 0 heterocycles. The molecule has 1 N–H and O–H groups in total. The maximum atomic E-state index is 12.2. The molecule has 3 heteroatoms. The average molecular weight is 267 g/mol. The predicted molar refractivity (Wildman–Crippen MR) is 79.6 cm³/mol. The lowest BCUT2D eigenvalue weighted by Gasteiger charge is -2.12. The number of nitrogens with one attached hydrogen (secondary N) is 1. The molecule has 2 atom stereocenters. The van der Waals surface area contributed by atoms with Gasteiger partial charge in [-0.05, 0) is 57.4 Å². The minimum Gasteiger partial charge on any atom is -0.315 e. The zero-order valence-corrected chi connectivity index (χ0v) is 12.8. The average Bonchev–Trinajstić information content (AvgIpc) is 2.32. The van der Waals surface area contributed by atoms with Gasteiger partial charge in [0.1, 0.15) is 0 Å².